The highest BCUT2D eigenvalue weighted by Crippen LogP contribution is 2.26. The molecule has 0 spiro atoms. The number of pyridine rings is 1. The Morgan fingerprint density at radius 1 is 0.939 bits per heavy atom. The molecule has 1 saturated heterocycles. The lowest BCUT2D eigenvalue weighted by Gasteiger charge is -2.29. The molecule has 264 valence electrons. The van der Waals surface area contributed by atoms with Crippen LogP contribution in [0.15, 0.2) is 18.5 Å². The molecule has 0 aromatic carbocycles. The highest BCUT2D eigenvalue weighted by Gasteiger charge is 2.39. The molecular weight excluding hydrogens is 648 g/mol. The van der Waals surface area contributed by atoms with Crippen molar-refractivity contribution in [2.75, 3.05) is 19.6 Å². The molecular formula is C30H38N8O11. The number of rotatable bonds is 16. The first-order valence-corrected chi connectivity index (χ1v) is 15.5. The summed E-state index contributed by atoms with van der Waals surface area (Å²) in [7, 11) is 0. The van der Waals surface area contributed by atoms with Gasteiger partial charge in [-0.1, -0.05) is 19.3 Å². The molecule has 1 saturated carbocycles. The number of hydrogen-bond acceptors (Lipinski definition) is 11. The van der Waals surface area contributed by atoms with Gasteiger partial charge in [0.2, 0.25) is 35.3 Å². The molecule has 2 fully saturated rings. The summed E-state index contributed by atoms with van der Waals surface area (Å²) in [5, 5.41) is 18.8. The van der Waals surface area contributed by atoms with Crippen LogP contribution in [0, 0.1) is 5.92 Å². The normalized spacial score (nSPS) is 17.3. The molecule has 2 aliphatic rings. The number of aromatic carboxylic acids is 1. The number of carbonyl (C=O) groups is 10. The quantitative estimate of drug-likeness (QED) is 0.0840. The molecule has 1 aliphatic heterocycles. The van der Waals surface area contributed by atoms with Crippen LogP contribution in [-0.2, 0) is 38.4 Å². The maximum absolute atomic E-state index is 13.1. The van der Waals surface area contributed by atoms with Gasteiger partial charge in [0.05, 0.1) is 30.8 Å². The topological polar surface area (TPSA) is 307 Å². The van der Waals surface area contributed by atoms with Crippen molar-refractivity contribution in [2.24, 2.45) is 17.4 Å². The van der Waals surface area contributed by atoms with E-state index in [-0.39, 0.29) is 17.9 Å². The molecule has 1 aromatic rings. The van der Waals surface area contributed by atoms with Crippen LogP contribution in [0.25, 0.3) is 0 Å². The number of Topliss-reactive ketones (excluding diaryl/α,β-unsaturated/α-hetero) is 2. The van der Waals surface area contributed by atoms with Crippen molar-refractivity contribution in [1.82, 2.24) is 31.2 Å². The number of ketones is 2. The standard InChI is InChI=1S/C30H38N8O11/c31-25(43)21(40)7-6-19(36-27(45)17-8-9-33-11-18(17)30(48)49)28(46)35-13-23(42)38-14-16(39)10-20(38)29(47)34-12-22(41)37-24(26(32)44)15-4-2-1-3-5-15/h8-9,11,15,19-20,24H,1-7,10,12-14H2,(H2,31,43)(H2,32,44)(H,34,47)(H,35,46)(H,36,45)(H,37,41)(H,48,49)/t19-,20-,24-/m0/s1. The molecule has 1 aromatic heterocycles. The van der Waals surface area contributed by atoms with Crippen molar-refractivity contribution in [1.29, 1.82) is 0 Å². The van der Waals surface area contributed by atoms with Gasteiger partial charge >= 0.3 is 5.97 Å². The Bertz CT molecular complexity index is 1520. The Hall–Kier alpha value is -5.75. The molecule has 0 radical (unpaired) electrons. The van der Waals surface area contributed by atoms with Gasteiger partial charge in [-0.15, -0.1) is 0 Å². The molecule has 2 heterocycles. The number of carboxylic acid groups (broad SMARTS) is 1. The number of nitrogens with one attached hydrogen (secondary N) is 4. The van der Waals surface area contributed by atoms with Gasteiger partial charge < -0.3 is 42.7 Å². The highest BCUT2D eigenvalue weighted by molar-refractivity contribution is 6.35. The Labute approximate surface area is 279 Å². The Morgan fingerprint density at radius 3 is 2.27 bits per heavy atom. The summed E-state index contributed by atoms with van der Waals surface area (Å²) in [6, 6.07) is -2.71. The van der Waals surface area contributed by atoms with Crippen molar-refractivity contribution in [3.05, 3.63) is 29.6 Å². The van der Waals surface area contributed by atoms with E-state index in [4.69, 9.17) is 11.5 Å². The number of likely N-dealkylation sites (tertiary alicyclic amines) is 1. The summed E-state index contributed by atoms with van der Waals surface area (Å²) in [4.78, 5) is 128. The molecule has 0 bridgehead atoms. The number of nitrogens with zero attached hydrogens (tertiary/aromatic N) is 2. The predicted molar refractivity (Wildman–Crippen MR) is 165 cm³/mol. The lowest BCUT2D eigenvalue weighted by Crippen LogP contribution is -2.54. The second kappa shape index (κ2) is 17.4. The van der Waals surface area contributed by atoms with Gasteiger partial charge in [0.15, 0.2) is 5.78 Å². The molecule has 9 N–H and O–H groups in total. The number of amides is 7. The van der Waals surface area contributed by atoms with Gasteiger partial charge in [0.1, 0.15) is 18.1 Å². The second-order valence-electron chi connectivity index (χ2n) is 11.6. The zero-order valence-corrected chi connectivity index (χ0v) is 26.4. The number of nitrogens with two attached hydrogens (primary N) is 2. The Kier molecular flexibility index (Phi) is 13.4. The molecule has 0 unspecified atom stereocenters. The van der Waals surface area contributed by atoms with Crippen LogP contribution in [0.5, 0.6) is 0 Å². The van der Waals surface area contributed by atoms with E-state index in [1.54, 1.807) is 0 Å². The summed E-state index contributed by atoms with van der Waals surface area (Å²) in [6.07, 6.45) is 4.86. The maximum atomic E-state index is 13.1. The predicted octanol–water partition coefficient (Wildman–Crippen LogP) is -3.33. The summed E-state index contributed by atoms with van der Waals surface area (Å²) >= 11 is 0. The summed E-state index contributed by atoms with van der Waals surface area (Å²) < 4.78 is 0. The minimum Gasteiger partial charge on any atom is -0.478 e. The van der Waals surface area contributed by atoms with E-state index < -0.39 is 115 Å². The minimum absolute atomic E-state index is 0.129. The molecule has 49 heavy (non-hydrogen) atoms. The third kappa shape index (κ3) is 10.6. The first kappa shape index (κ1) is 37.7. The van der Waals surface area contributed by atoms with Crippen molar-refractivity contribution in [2.45, 2.75) is 69.5 Å². The average molecular weight is 687 g/mol. The Morgan fingerprint density at radius 2 is 1.63 bits per heavy atom. The monoisotopic (exact) mass is 686 g/mol. The van der Waals surface area contributed by atoms with Gasteiger partial charge in [-0.25, -0.2) is 4.79 Å². The number of carboxylic acids is 1. The zero-order chi connectivity index (χ0) is 36.2. The molecule has 19 nitrogen and oxygen atoms in total. The van der Waals surface area contributed by atoms with Gasteiger partial charge in [-0.2, -0.15) is 0 Å². The fourth-order valence-electron chi connectivity index (χ4n) is 5.64. The van der Waals surface area contributed by atoms with Crippen molar-refractivity contribution in [3.8, 4) is 0 Å². The van der Waals surface area contributed by atoms with E-state index >= 15 is 0 Å². The van der Waals surface area contributed by atoms with E-state index in [1.807, 2.05) is 0 Å². The van der Waals surface area contributed by atoms with Crippen LogP contribution < -0.4 is 32.7 Å². The van der Waals surface area contributed by atoms with Crippen LogP contribution in [0.3, 0.4) is 0 Å². The van der Waals surface area contributed by atoms with Crippen LogP contribution in [0.1, 0.15) is 72.1 Å². The largest absolute Gasteiger partial charge is 0.478 e. The van der Waals surface area contributed by atoms with Crippen molar-refractivity contribution >= 4 is 58.9 Å². The average Bonchev–Trinajstić information content (AvgIpc) is 3.48. The van der Waals surface area contributed by atoms with Crippen LogP contribution in [0.4, 0.5) is 0 Å². The number of carbonyl (C=O) groups excluding carboxylic acids is 9. The Balaban J connectivity index is 1.62. The van der Waals surface area contributed by atoms with Gasteiger partial charge in [-0.05, 0) is 31.2 Å². The van der Waals surface area contributed by atoms with E-state index in [9.17, 15) is 53.1 Å². The lowest BCUT2D eigenvalue weighted by atomic mass is 9.83. The maximum Gasteiger partial charge on any atom is 0.338 e. The van der Waals surface area contributed by atoms with Crippen molar-refractivity contribution < 1.29 is 53.1 Å². The fraction of sp³-hybridized carbons (Fsp3) is 0.500. The number of primary amides is 2. The smallest absolute Gasteiger partial charge is 0.338 e. The van der Waals surface area contributed by atoms with E-state index in [0.29, 0.717) is 12.8 Å². The van der Waals surface area contributed by atoms with Crippen LogP contribution in [0.2, 0.25) is 0 Å². The van der Waals surface area contributed by atoms with Gasteiger partial charge in [-0.3, -0.25) is 48.1 Å². The van der Waals surface area contributed by atoms with Gasteiger partial charge in [0.25, 0.3) is 11.8 Å². The number of hydrogen-bond donors (Lipinski definition) is 7. The molecule has 1 aliphatic carbocycles. The van der Waals surface area contributed by atoms with Crippen LogP contribution in [-0.4, -0.2) is 112 Å². The second-order valence-corrected chi connectivity index (χ2v) is 11.6. The third-order valence-electron chi connectivity index (χ3n) is 8.20. The first-order chi connectivity index (χ1) is 23.2. The fourth-order valence-corrected chi connectivity index (χ4v) is 5.64. The third-order valence-corrected chi connectivity index (χ3v) is 8.20. The number of aromatic nitrogens is 1. The molecule has 7 amide bonds. The van der Waals surface area contributed by atoms with Crippen molar-refractivity contribution in [3.63, 3.8) is 0 Å². The van der Waals surface area contributed by atoms with E-state index in [2.05, 4.69) is 26.3 Å². The van der Waals surface area contributed by atoms with E-state index in [0.717, 1.165) is 42.6 Å². The summed E-state index contributed by atoms with van der Waals surface area (Å²) in [5.74, 6) is -9.60. The summed E-state index contributed by atoms with van der Waals surface area (Å²) in [5.41, 5.74) is 9.60. The molecule has 3 atom stereocenters. The highest BCUT2D eigenvalue weighted by atomic mass is 16.4. The SMILES string of the molecule is NC(=O)C(=O)CC[C@H](NC(=O)c1ccncc1C(=O)O)C(=O)NCC(=O)N1CC(=O)C[C@H]1C(=O)NCC(=O)N[C@H](C(N)=O)C1CCCCC1. The van der Waals surface area contributed by atoms with Crippen LogP contribution >= 0.6 is 0 Å². The molecule has 3 rings (SSSR count). The first-order valence-electron chi connectivity index (χ1n) is 15.5. The zero-order valence-electron chi connectivity index (χ0n) is 26.4. The lowest BCUT2D eigenvalue weighted by molar-refractivity contribution is -0.139. The van der Waals surface area contributed by atoms with Gasteiger partial charge in [0, 0.05) is 25.2 Å². The van der Waals surface area contributed by atoms with E-state index in [1.165, 1.54) is 0 Å². The molecule has 19 heteroatoms. The minimum atomic E-state index is -1.56. The summed E-state index contributed by atoms with van der Waals surface area (Å²) in [6.45, 7) is -1.81.